The first-order chi connectivity index (χ1) is 12.6. The van der Waals surface area contributed by atoms with Gasteiger partial charge in [-0.05, 0) is 66.7 Å². The monoisotopic (exact) mass is 350 g/mol. The second kappa shape index (κ2) is 7.94. The SMILES string of the molecule is O=C(/C=C/c1ccco1)Nc1ccc(C(=O)Nc2ccc(F)cc2)cc1. The summed E-state index contributed by atoms with van der Waals surface area (Å²) in [6.07, 6.45) is 4.43. The molecule has 130 valence electrons. The molecule has 0 atom stereocenters. The van der Waals surface area contributed by atoms with E-state index < -0.39 is 0 Å². The highest BCUT2D eigenvalue weighted by atomic mass is 19.1. The first-order valence-electron chi connectivity index (χ1n) is 7.80. The molecule has 0 saturated heterocycles. The van der Waals surface area contributed by atoms with Crippen molar-refractivity contribution in [2.45, 2.75) is 0 Å². The molecule has 1 aromatic heterocycles. The van der Waals surface area contributed by atoms with Crippen molar-refractivity contribution in [3.8, 4) is 0 Å². The van der Waals surface area contributed by atoms with E-state index in [1.807, 2.05) is 0 Å². The van der Waals surface area contributed by atoms with Crippen molar-refractivity contribution in [3.63, 3.8) is 0 Å². The molecule has 3 rings (SSSR count). The number of furan rings is 1. The highest BCUT2D eigenvalue weighted by Crippen LogP contribution is 2.13. The predicted molar refractivity (Wildman–Crippen MR) is 97.2 cm³/mol. The predicted octanol–water partition coefficient (Wildman–Crippen LogP) is 4.32. The molecule has 6 heteroatoms. The van der Waals surface area contributed by atoms with Crippen LogP contribution in [-0.2, 0) is 4.79 Å². The van der Waals surface area contributed by atoms with Gasteiger partial charge in [0.25, 0.3) is 5.91 Å². The summed E-state index contributed by atoms with van der Waals surface area (Å²) >= 11 is 0. The van der Waals surface area contributed by atoms with Gasteiger partial charge in [0.15, 0.2) is 0 Å². The molecular weight excluding hydrogens is 335 g/mol. The molecule has 3 aromatic rings. The number of rotatable bonds is 5. The zero-order valence-corrected chi connectivity index (χ0v) is 13.6. The normalized spacial score (nSPS) is 10.7. The standard InChI is InChI=1S/C20H15FN2O3/c21-15-5-9-17(10-6-15)23-20(25)14-3-7-16(8-4-14)22-19(24)12-11-18-2-1-13-26-18/h1-13H,(H,22,24)(H,23,25)/b12-11+. The zero-order valence-electron chi connectivity index (χ0n) is 13.6. The van der Waals surface area contributed by atoms with Crippen LogP contribution in [-0.4, -0.2) is 11.8 Å². The largest absolute Gasteiger partial charge is 0.465 e. The van der Waals surface area contributed by atoms with E-state index in [0.29, 0.717) is 22.7 Å². The fourth-order valence-electron chi connectivity index (χ4n) is 2.17. The van der Waals surface area contributed by atoms with Crippen molar-refractivity contribution in [1.82, 2.24) is 0 Å². The average Bonchev–Trinajstić information content (AvgIpc) is 3.16. The van der Waals surface area contributed by atoms with Gasteiger partial charge >= 0.3 is 0 Å². The van der Waals surface area contributed by atoms with Crippen molar-refractivity contribution >= 4 is 29.3 Å². The van der Waals surface area contributed by atoms with Gasteiger partial charge in [-0.25, -0.2) is 4.39 Å². The number of carbonyl (C=O) groups is 2. The first-order valence-corrected chi connectivity index (χ1v) is 7.80. The molecule has 0 unspecified atom stereocenters. The van der Waals surface area contributed by atoms with Crippen LogP contribution < -0.4 is 10.6 Å². The number of carbonyl (C=O) groups excluding carboxylic acids is 2. The molecular formula is C20H15FN2O3. The average molecular weight is 350 g/mol. The molecule has 0 fully saturated rings. The lowest BCUT2D eigenvalue weighted by Crippen LogP contribution is -2.12. The van der Waals surface area contributed by atoms with Crippen LogP contribution in [0.2, 0.25) is 0 Å². The summed E-state index contributed by atoms with van der Waals surface area (Å²) in [7, 11) is 0. The molecule has 0 aliphatic carbocycles. The van der Waals surface area contributed by atoms with Gasteiger partial charge in [-0.3, -0.25) is 9.59 Å². The number of anilines is 2. The van der Waals surface area contributed by atoms with Crippen molar-refractivity contribution in [2.24, 2.45) is 0 Å². The Morgan fingerprint density at radius 3 is 2.19 bits per heavy atom. The van der Waals surface area contributed by atoms with E-state index >= 15 is 0 Å². The van der Waals surface area contributed by atoms with Crippen molar-refractivity contribution in [1.29, 1.82) is 0 Å². The Kier molecular flexibility index (Phi) is 5.24. The van der Waals surface area contributed by atoms with Crippen LogP contribution in [0.4, 0.5) is 15.8 Å². The van der Waals surface area contributed by atoms with Crippen molar-refractivity contribution in [2.75, 3.05) is 10.6 Å². The summed E-state index contributed by atoms with van der Waals surface area (Å²) in [5.41, 5.74) is 1.47. The minimum absolute atomic E-state index is 0.315. The summed E-state index contributed by atoms with van der Waals surface area (Å²) in [6.45, 7) is 0. The fourth-order valence-corrected chi connectivity index (χ4v) is 2.17. The van der Waals surface area contributed by atoms with E-state index in [0.717, 1.165) is 0 Å². The van der Waals surface area contributed by atoms with Crippen LogP contribution in [0.25, 0.3) is 6.08 Å². The maximum atomic E-state index is 12.9. The lowest BCUT2D eigenvalue weighted by molar-refractivity contribution is -0.111. The first kappa shape index (κ1) is 17.2. The second-order valence-corrected chi connectivity index (χ2v) is 5.38. The number of amides is 2. The summed E-state index contributed by atoms with van der Waals surface area (Å²) in [5, 5.41) is 5.35. The summed E-state index contributed by atoms with van der Waals surface area (Å²) in [6, 6.07) is 15.4. The van der Waals surface area contributed by atoms with E-state index in [1.165, 1.54) is 36.6 Å². The van der Waals surface area contributed by atoms with Crippen LogP contribution in [0.1, 0.15) is 16.1 Å². The van der Waals surface area contributed by atoms with Gasteiger partial charge in [0, 0.05) is 23.0 Å². The molecule has 2 aromatic carbocycles. The Labute approximate surface area is 149 Å². The summed E-state index contributed by atoms with van der Waals surface area (Å²) in [5.74, 6) is -0.436. The van der Waals surface area contributed by atoms with Gasteiger partial charge in [-0.2, -0.15) is 0 Å². The van der Waals surface area contributed by atoms with Crippen molar-refractivity contribution < 1.29 is 18.4 Å². The number of nitrogens with one attached hydrogen (secondary N) is 2. The fraction of sp³-hybridized carbons (Fsp3) is 0. The summed E-state index contributed by atoms with van der Waals surface area (Å²) in [4.78, 5) is 24.0. The van der Waals surface area contributed by atoms with Gasteiger partial charge in [-0.1, -0.05) is 0 Å². The molecule has 5 nitrogen and oxygen atoms in total. The Balaban J connectivity index is 1.58. The minimum atomic E-state index is -0.371. The molecule has 1 heterocycles. The highest BCUT2D eigenvalue weighted by molar-refractivity contribution is 6.05. The maximum absolute atomic E-state index is 12.9. The lowest BCUT2D eigenvalue weighted by Gasteiger charge is -2.06. The quantitative estimate of drug-likeness (QED) is 0.673. The van der Waals surface area contributed by atoms with E-state index in [4.69, 9.17) is 4.42 Å². The molecule has 2 N–H and O–H groups in total. The van der Waals surface area contributed by atoms with E-state index in [2.05, 4.69) is 10.6 Å². The lowest BCUT2D eigenvalue weighted by atomic mass is 10.2. The third-order valence-corrected chi connectivity index (χ3v) is 3.46. The molecule has 0 spiro atoms. The van der Waals surface area contributed by atoms with Crippen LogP contribution >= 0.6 is 0 Å². The van der Waals surface area contributed by atoms with Gasteiger partial charge < -0.3 is 15.1 Å². The smallest absolute Gasteiger partial charge is 0.255 e. The van der Waals surface area contributed by atoms with E-state index in [9.17, 15) is 14.0 Å². The van der Waals surface area contributed by atoms with Crippen LogP contribution in [0, 0.1) is 5.82 Å². The second-order valence-electron chi connectivity index (χ2n) is 5.38. The highest BCUT2D eigenvalue weighted by Gasteiger charge is 2.07. The van der Waals surface area contributed by atoms with Crippen LogP contribution in [0.15, 0.2) is 77.4 Å². The molecule has 0 saturated carbocycles. The molecule has 0 radical (unpaired) electrons. The summed E-state index contributed by atoms with van der Waals surface area (Å²) < 4.78 is 18.0. The Bertz CT molecular complexity index is 915. The van der Waals surface area contributed by atoms with Crippen molar-refractivity contribution in [3.05, 3.63) is 90.1 Å². The van der Waals surface area contributed by atoms with Crippen LogP contribution in [0.3, 0.4) is 0 Å². The van der Waals surface area contributed by atoms with E-state index in [1.54, 1.807) is 42.5 Å². The molecule has 26 heavy (non-hydrogen) atoms. The third kappa shape index (κ3) is 4.67. The number of hydrogen-bond acceptors (Lipinski definition) is 3. The molecule has 0 bridgehead atoms. The number of benzene rings is 2. The van der Waals surface area contributed by atoms with Crippen LogP contribution in [0.5, 0.6) is 0 Å². The van der Waals surface area contributed by atoms with Gasteiger partial charge in [0.1, 0.15) is 11.6 Å². The van der Waals surface area contributed by atoms with Gasteiger partial charge in [0.2, 0.25) is 5.91 Å². The maximum Gasteiger partial charge on any atom is 0.255 e. The topological polar surface area (TPSA) is 71.3 Å². The Morgan fingerprint density at radius 2 is 1.54 bits per heavy atom. The van der Waals surface area contributed by atoms with Gasteiger partial charge in [0.05, 0.1) is 6.26 Å². The Morgan fingerprint density at radius 1 is 0.885 bits per heavy atom. The third-order valence-electron chi connectivity index (χ3n) is 3.46. The number of halogens is 1. The Hall–Kier alpha value is -3.67. The molecule has 0 aliphatic heterocycles. The minimum Gasteiger partial charge on any atom is -0.465 e. The number of hydrogen-bond donors (Lipinski definition) is 2. The van der Waals surface area contributed by atoms with E-state index in [-0.39, 0.29) is 17.6 Å². The molecule has 2 amide bonds. The van der Waals surface area contributed by atoms with Gasteiger partial charge in [-0.15, -0.1) is 0 Å². The zero-order chi connectivity index (χ0) is 18.4. The molecule has 0 aliphatic rings.